The number of alkyl halides is 6. The van der Waals surface area contributed by atoms with Gasteiger partial charge in [-0.2, -0.15) is 26.3 Å². The number of hydrogen-bond acceptors (Lipinski definition) is 5. The Labute approximate surface area is 222 Å². The summed E-state index contributed by atoms with van der Waals surface area (Å²) in [6.07, 6.45) is -9.46. The van der Waals surface area contributed by atoms with Crippen LogP contribution in [0.3, 0.4) is 0 Å². The number of halogens is 6. The van der Waals surface area contributed by atoms with Crippen molar-refractivity contribution in [3.05, 3.63) is 70.8 Å². The van der Waals surface area contributed by atoms with Crippen molar-refractivity contribution in [2.24, 2.45) is 17.4 Å². The fourth-order valence-electron chi connectivity index (χ4n) is 4.24. The van der Waals surface area contributed by atoms with E-state index in [1.807, 2.05) is 18.2 Å². The number of ether oxygens (including phenoxy) is 2. The minimum Gasteiger partial charge on any atom is -0.449 e. The number of benzene rings is 2. The number of carbonyl (C=O) groups is 2. The average molecular weight is 564 g/mol. The first kappa shape index (κ1) is 31.9. The maximum absolute atomic E-state index is 12.5. The number of carbonyl (C=O) groups excluding carboxylic acids is 2. The highest BCUT2D eigenvalue weighted by Crippen LogP contribution is 2.38. The fourth-order valence-corrected chi connectivity index (χ4v) is 4.24. The maximum Gasteiger partial charge on any atom is 0.416 e. The van der Waals surface area contributed by atoms with Crippen LogP contribution in [0.15, 0.2) is 48.5 Å². The molecule has 4 N–H and O–H groups in total. The second-order valence-corrected chi connectivity index (χ2v) is 9.11. The van der Waals surface area contributed by atoms with Crippen molar-refractivity contribution in [1.29, 1.82) is 0 Å². The first-order valence-electron chi connectivity index (χ1n) is 11.9. The quantitative estimate of drug-likeness (QED) is 0.436. The van der Waals surface area contributed by atoms with Crippen molar-refractivity contribution < 1.29 is 45.4 Å². The van der Waals surface area contributed by atoms with E-state index < -0.39 is 35.7 Å². The lowest BCUT2D eigenvalue weighted by Crippen LogP contribution is -2.44. The summed E-state index contributed by atoms with van der Waals surface area (Å²) in [6.45, 7) is 2.52. The molecule has 39 heavy (non-hydrogen) atoms. The van der Waals surface area contributed by atoms with E-state index in [1.54, 1.807) is 0 Å². The van der Waals surface area contributed by atoms with Gasteiger partial charge in [0.05, 0.1) is 30.4 Å². The van der Waals surface area contributed by atoms with Gasteiger partial charge in [0.15, 0.2) is 0 Å². The van der Waals surface area contributed by atoms with Crippen molar-refractivity contribution in [1.82, 2.24) is 4.90 Å². The van der Waals surface area contributed by atoms with Crippen molar-refractivity contribution >= 4 is 12.0 Å². The van der Waals surface area contributed by atoms with Crippen LogP contribution in [0, 0.1) is 5.92 Å². The van der Waals surface area contributed by atoms with Crippen molar-refractivity contribution in [2.45, 2.75) is 44.3 Å². The molecule has 0 bridgehead atoms. The molecule has 2 aromatic carbocycles. The van der Waals surface area contributed by atoms with Gasteiger partial charge in [0.25, 0.3) is 0 Å². The maximum atomic E-state index is 12.5. The normalized spacial score (nSPS) is 19.0. The molecule has 0 spiro atoms. The molecule has 0 aromatic heterocycles. The van der Waals surface area contributed by atoms with Crippen molar-refractivity contribution in [3.8, 4) is 0 Å². The summed E-state index contributed by atoms with van der Waals surface area (Å²) < 4.78 is 84.6. The molecule has 3 atom stereocenters. The molecule has 0 radical (unpaired) electrons. The zero-order chi connectivity index (χ0) is 29.4. The predicted molar refractivity (Wildman–Crippen MR) is 130 cm³/mol. The Hall–Kier alpha value is -3.32. The lowest BCUT2D eigenvalue weighted by Gasteiger charge is -2.39. The van der Waals surface area contributed by atoms with Crippen LogP contribution < -0.4 is 11.5 Å². The number of hydrogen-bond donors (Lipinski definition) is 2. The summed E-state index contributed by atoms with van der Waals surface area (Å²) in [6, 6.07) is 11.6. The van der Waals surface area contributed by atoms with E-state index in [4.69, 9.17) is 20.9 Å². The second kappa shape index (κ2) is 13.7. The number of primary amides is 2. The number of nitrogens with zero attached hydrogens (tertiary/aromatic N) is 1. The van der Waals surface area contributed by atoms with Gasteiger partial charge in [0.1, 0.15) is 0 Å². The highest BCUT2D eigenvalue weighted by molar-refractivity contribution is 5.76. The zero-order valence-electron chi connectivity index (χ0n) is 21.4. The topological polar surface area (TPSA) is 108 Å². The number of nitrogens with two attached hydrogens (primary N) is 2. The highest BCUT2D eigenvalue weighted by Gasteiger charge is 2.37. The molecule has 1 aliphatic rings. The monoisotopic (exact) mass is 563 g/mol. The summed E-state index contributed by atoms with van der Waals surface area (Å²) >= 11 is 0. The van der Waals surface area contributed by atoms with Gasteiger partial charge in [-0.3, -0.25) is 9.69 Å². The number of rotatable bonds is 7. The van der Waals surface area contributed by atoms with E-state index in [2.05, 4.69) is 17.0 Å². The number of methoxy groups -OCH3 is 1. The van der Waals surface area contributed by atoms with Gasteiger partial charge in [-0.1, -0.05) is 30.3 Å². The predicted octanol–water partition coefficient (Wildman–Crippen LogP) is 5.45. The molecule has 0 unspecified atom stereocenters. The van der Waals surface area contributed by atoms with Gasteiger partial charge < -0.3 is 20.9 Å². The van der Waals surface area contributed by atoms with E-state index in [1.165, 1.54) is 19.6 Å². The lowest BCUT2D eigenvalue weighted by molar-refractivity contribution is -0.143. The van der Waals surface area contributed by atoms with Crippen LogP contribution in [-0.2, 0) is 26.6 Å². The Bertz CT molecular complexity index is 1060. The third-order valence-electron chi connectivity index (χ3n) is 6.22. The Morgan fingerprint density at radius 1 is 0.974 bits per heavy atom. The summed E-state index contributed by atoms with van der Waals surface area (Å²) in [4.78, 5) is 24.0. The summed E-state index contributed by atoms with van der Waals surface area (Å²) in [5.41, 5.74) is 8.67. The standard InChI is InChI=1S/C15H21N3O3.C11H10F6O/c16-14(19)9-18-8-11(10-21-15(17)20)6-7-13(18)12-4-2-1-3-5-12;1-6(18-2)7-3-8(10(12,13)14)5-9(4-7)11(15,16)17/h1-5,11,13H,6-10H2,(H2,16,19)(H2,17,20);3-6H,1-2H3/t11-,13-;6-/m01/s1. The largest absolute Gasteiger partial charge is 0.449 e. The molecule has 2 aromatic rings. The molecule has 13 heteroatoms. The molecule has 7 nitrogen and oxygen atoms in total. The van der Waals surface area contributed by atoms with E-state index >= 15 is 0 Å². The number of likely N-dealkylation sites (tertiary alicyclic amines) is 1. The summed E-state index contributed by atoms with van der Waals surface area (Å²) in [7, 11) is 1.21. The van der Waals surface area contributed by atoms with Crippen LogP contribution in [0.2, 0.25) is 0 Å². The molecule has 3 rings (SSSR count). The molecule has 1 heterocycles. The molecule has 2 amide bonds. The second-order valence-electron chi connectivity index (χ2n) is 9.11. The third-order valence-corrected chi connectivity index (χ3v) is 6.22. The van der Waals surface area contributed by atoms with Crippen LogP contribution in [0.25, 0.3) is 0 Å². The zero-order valence-corrected chi connectivity index (χ0v) is 21.4. The SMILES string of the molecule is CO[C@H](C)c1cc(C(F)(F)F)cc(C(F)(F)F)c1.NC(=O)CN1C[C@@H](COC(N)=O)CC[C@H]1c1ccccc1. The Morgan fingerprint density at radius 3 is 2.00 bits per heavy atom. The van der Waals surface area contributed by atoms with Gasteiger partial charge in [0, 0.05) is 25.6 Å². The summed E-state index contributed by atoms with van der Waals surface area (Å²) in [5, 5.41) is 0. The van der Waals surface area contributed by atoms with E-state index in [0.29, 0.717) is 18.7 Å². The van der Waals surface area contributed by atoms with Crippen LogP contribution in [0.1, 0.15) is 54.2 Å². The van der Waals surface area contributed by atoms with Crippen LogP contribution >= 0.6 is 0 Å². The third kappa shape index (κ3) is 10.1. The average Bonchev–Trinajstić information content (AvgIpc) is 2.86. The van der Waals surface area contributed by atoms with Gasteiger partial charge in [-0.25, -0.2) is 4.79 Å². The lowest BCUT2D eigenvalue weighted by atomic mass is 9.89. The van der Waals surface area contributed by atoms with Crippen molar-refractivity contribution in [3.63, 3.8) is 0 Å². The van der Waals surface area contributed by atoms with Crippen molar-refractivity contribution in [2.75, 3.05) is 26.8 Å². The molecular formula is C26H31F6N3O4. The van der Waals surface area contributed by atoms with E-state index in [0.717, 1.165) is 12.8 Å². The molecular weight excluding hydrogens is 532 g/mol. The van der Waals surface area contributed by atoms with E-state index in [9.17, 15) is 35.9 Å². The van der Waals surface area contributed by atoms with E-state index in [-0.39, 0.29) is 42.6 Å². The van der Waals surface area contributed by atoms with Gasteiger partial charge in [-0.15, -0.1) is 0 Å². The fraction of sp³-hybridized carbons (Fsp3) is 0.462. The molecule has 0 saturated carbocycles. The Morgan fingerprint density at radius 2 is 1.54 bits per heavy atom. The van der Waals surface area contributed by atoms with Gasteiger partial charge >= 0.3 is 18.4 Å². The first-order valence-corrected chi connectivity index (χ1v) is 11.9. The highest BCUT2D eigenvalue weighted by atomic mass is 19.4. The minimum atomic E-state index is -4.83. The number of amides is 2. The summed E-state index contributed by atoms with van der Waals surface area (Å²) in [5.74, 6) is -0.177. The van der Waals surface area contributed by atoms with Crippen LogP contribution in [0.4, 0.5) is 31.1 Å². The minimum absolute atomic E-state index is 0.0892. The Kier molecular flexibility index (Phi) is 11.2. The molecule has 1 saturated heterocycles. The van der Waals surface area contributed by atoms with Gasteiger partial charge in [-0.05, 0) is 49.1 Å². The molecule has 1 fully saturated rings. The van der Waals surface area contributed by atoms with Crippen LogP contribution in [0.5, 0.6) is 0 Å². The molecule has 0 aliphatic carbocycles. The first-order chi connectivity index (χ1) is 18.1. The van der Waals surface area contributed by atoms with Gasteiger partial charge in [0.2, 0.25) is 5.91 Å². The smallest absolute Gasteiger partial charge is 0.416 e. The Balaban J connectivity index is 0.000000277. The molecule has 1 aliphatic heterocycles. The van der Waals surface area contributed by atoms with Crippen LogP contribution in [-0.4, -0.2) is 43.7 Å². The molecule has 216 valence electrons. The number of piperidine rings is 1.